The van der Waals surface area contributed by atoms with Crippen molar-refractivity contribution in [3.8, 4) is 0 Å². The van der Waals surface area contributed by atoms with Crippen LogP contribution in [0, 0.1) is 20.8 Å². The van der Waals surface area contributed by atoms with Crippen molar-refractivity contribution in [1.82, 2.24) is 25.1 Å². The van der Waals surface area contributed by atoms with E-state index in [0.29, 0.717) is 12.0 Å². The fourth-order valence-corrected chi connectivity index (χ4v) is 4.03. The van der Waals surface area contributed by atoms with Crippen molar-refractivity contribution < 1.29 is 0 Å². The van der Waals surface area contributed by atoms with Crippen molar-refractivity contribution in [3.05, 3.63) is 34.5 Å². The average molecular weight is 355 g/mol. The number of piperidine rings is 1. The van der Waals surface area contributed by atoms with Crippen LogP contribution >= 0.6 is 0 Å². The number of aryl methyl sites for hydroxylation is 3. The highest BCUT2D eigenvalue weighted by atomic mass is 15.3. The van der Waals surface area contributed by atoms with Crippen molar-refractivity contribution >= 4 is 5.82 Å². The first kappa shape index (κ1) is 17.5. The Hall–Kier alpha value is -1.95. The van der Waals surface area contributed by atoms with Crippen LogP contribution in [-0.2, 0) is 13.6 Å². The lowest BCUT2D eigenvalue weighted by Crippen LogP contribution is -2.30. The van der Waals surface area contributed by atoms with Gasteiger partial charge in [-0.3, -0.25) is 4.68 Å². The largest absolute Gasteiger partial charge is 0.349 e. The van der Waals surface area contributed by atoms with E-state index in [0.717, 1.165) is 37.0 Å². The average Bonchev–Trinajstić information content (AvgIpc) is 3.43. The van der Waals surface area contributed by atoms with Gasteiger partial charge in [0, 0.05) is 49.4 Å². The Bertz CT molecular complexity index is 786. The summed E-state index contributed by atoms with van der Waals surface area (Å²) in [5, 5.41) is 8.10. The summed E-state index contributed by atoms with van der Waals surface area (Å²) in [5.41, 5.74) is 4.90. The van der Waals surface area contributed by atoms with E-state index in [9.17, 15) is 0 Å². The van der Waals surface area contributed by atoms with E-state index in [4.69, 9.17) is 9.97 Å². The van der Waals surface area contributed by atoms with Gasteiger partial charge in [-0.1, -0.05) is 0 Å². The van der Waals surface area contributed by atoms with E-state index in [-0.39, 0.29) is 0 Å². The fourth-order valence-electron chi connectivity index (χ4n) is 4.03. The maximum atomic E-state index is 4.82. The number of aromatic nitrogens is 4. The first-order chi connectivity index (χ1) is 12.5. The molecule has 140 valence electrons. The predicted molar refractivity (Wildman–Crippen MR) is 104 cm³/mol. The van der Waals surface area contributed by atoms with E-state index in [1.54, 1.807) is 0 Å². The SMILES string of the molecule is Cc1nc([C@H]2CCCNC2)cc(N(Cc2c(C)nn(C)c2C)C2CC2)n1. The summed E-state index contributed by atoms with van der Waals surface area (Å²) in [5.74, 6) is 2.48. The summed E-state index contributed by atoms with van der Waals surface area (Å²) in [7, 11) is 2.02. The first-order valence-corrected chi connectivity index (χ1v) is 9.85. The molecule has 0 amide bonds. The number of rotatable bonds is 5. The minimum absolute atomic E-state index is 0.507. The van der Waals surface area contributed by atoms with Gasteiger partial charge in [0.25, 0.3) is 0 Å². The van der Waals surface area contributed by atoms with Crippen molar-refractivity contribution in [3.63, 3.8) is 0 Å². The van der Waals surface area contributed by atoms with Crippen LogP contribution in [-0.4, -0.2) is 38.9 Å². The number of nitrogens with one attached hydrogen (secondary N) is 1. The van der Waals surface area contributed by atoms with Crippen LogP contribution in [0.2, 0.25) is 0 Å². The summed E-state index contributed by atoms with van der Waals surface area (Å²) in [6.45, 7) is 9.33. The molecule has 3 heterocycles. The standard InChI is InChI=1S/C20H30N6/c1-13-18(14(2)25(4)24-13)12-26(17-7-8-17)20-10-19(22-15(3)23-20)16-6-5-9-21-11-16/h10,16-17,21H,5-9,11-12H2,1-4H3/t16-/m0/s1. The molecule has 0 unspecified atom stereocenters. The smallest absolute Gasteiger partial charge is 0.133 e. The molecule has 1 saturated carbocycles. The van der Waals surface area contributed by atoms with Gasteiger partial charge in [-0.05, 0) is 53.0 Å². The van der Waals surface area contributed by atoms with E-state index in [1.807, 2.05) is 18.7 Å². The molecule has 1 atom stereocenters. The lowest BCUT2D eigenvalue weighted by molar-refractivity contribution is 0.453. The van der Waals surface area contributed by atoms with Crippen LogP contribution in [0.25, 0.3) is 0 Å². The summed E-state index contributed by atoms with van der Waals surface area (Å²) in [4.78, 5) is 12.1. The second kappa shape index (κ2) is 6.99. The molecule has 2 aromatic rings. The Morgan fingerprint density at radius 3 is 2.62 bits per heavy atom. The van der Waals surface area contributed by atoms with Crippen molar-refractivity contribution in [2.75, 3.05) is 18.0 Å². The zero-order valence-corrected chi connectivity index (χ0v) is 16.4. The third-order valence-electron chi connectivity index (χ3n) is 5.83. The second-order valence-corrected chi connectivity index (χ2v) is 7.87. The molecule has 6 heteroatoms. The molecule has 2 fully saturated rings. The monoisotopic (exact) mass is 354 g/mol. The maximum absolute atomic E-state index is 4.82. The predicted octanol–water partition coefficient (Wildman–Crippen LogP) is 2.77. The lowest BCUT2D eigenvalue weighted by atomic mass is 9.96. The summed E-state index contributed by atoms with van der Waals surface area (Å²) in [6, 6.07) is 2.84. The van der Waals surface area contributed by atoms with Crippen molar-refractivity contribution in [2.24, 2.45) is 7.05 Å². The summed E-state index contributed by atoms with van der Waals surface area (Å²) >= 11 is 0. The Morgan fingerprint density at radius 2 is 2.00 bits per heavy atom. The molecule has 0 bridgehead atoms. The lowest BCUT2D eigenvalue weighted by Gasteiger charge is -2.27. The van der Waals surface area contributed by atoms with Gasteiger partial charge in [-0.25, -0.2) is 9.97 Å². The molecule has 1 N–H and O–H groups in total. The Morgan fingerprint density at radius 1 is 1.19 bits per heavy atom. The van der Waals surface area contributed by atoms with Crippen molar-refractivity contribution in [2.45, 2.75) is 65.0 Å². The quantitative estimate of drug-likeness (QED) is 0.895. The topological polar surface area (TPSA) is 58.9 Å². The van der Waals surface area contributed by atoms with Gasteiger partial charge in [0.2, 0.25) is 0 Å². The molecule has 4 rings (SSSR count). The summed E-state index contributed by atoms with van der Waals surface area (Å²) in [6.07, 6.45) is 4.94. The van der Waals surface area contributed by atoms with E-state index < -0.39 is 0 Å². The normalized spacial score (nSPS) is 20.4. The van der Waals surface area contributed by atoms with E-state index in [1.165, 1.54) is 42.6 Å². The van der Waals surface area contributed by atoms with Gasteiger partial charge in [-0.2, -0.15) is 5.10 Å². The van der Waals surface area contributed by atoms with Crippen LogP contribution in [0.4, 0.5) is 5.82 Å². The maximum Gasteiger partial charge on any atom is 0.133 e. The highest BCUT2D eigenvalue weighted by Crippen LogP contribution is 2.34. The summed E-state index contributed by atoms with van der Waals surface area (Å²) < 4.78 is 1.99. The minimum Gasteiger partial charge on any atom is -0.349 e. The molecule has 26 heavy (non-hydrogen) atoms. The molecule has 0 radical (unpaired) electrons. The Kier molecular flexibility index (Phi) is 4.69. The molecular weight excluding hydrogens is 324 g/mol. The minimum atomic E-state index is 0.507. The van der Waals surface area contributed by atoms with E-state index >= 15 is 0 Å². The van der Waals surface area contributed by atoms with Crippen molar-refractivity contribution in [1.29, 1.82) is 0 Å². The first-order valence-electron chi connectivity index (χ1n) is 9.85. The molecule has 2 aromatic heterocycles. The molecule has 0 spiro atoms. The Balaban J connectivity index is 1.65. The zero-order valence-electron chi connectivity index (χ0n) is 16.4. The number of hydrogen-bond donors (Lipinski definition) is 1. The highest BCUT2D eigenvalue weighted by molar-refractivity contribution is 5.45. The zero-order chi connectivity index (χ0) is 18.3. The van der Waals surface area contributed by atoms with Gasteiger partial charge in [-0.15, -0.1) is 0 Å². The number of hydrogen-bond acceptors (Lipinski definition) is 5. The van der Waals surface area contributed by atoms with Gasteiger partial charge in [0.15, 0.2) is 0 Å². The fraction of sp³-hybridized carbons (Fsp3) is 0.650. The Labute approximate surface area is 156 Å². The second-order valence-electron chi connectivity index (χ2n) is 7.87. The third kappa shape index (κ3) is 3.47. The molecule has 6 nitrogen and oxygen atoms in total. The van der Waals surface area contributed by atoms with Crippen LogP contribution in [0.1, 0.15) is 60.1 Å². The van der Waals surface area contributed by atoms with E-state index in [2.05, 4.69) is 35.2 Å². The van der Waals surface area contributed by atoms with Crippen LogP contribution in [0.15, 0.2) is 6.07 Å². The molecule has 0 aromatic carbocycles. The third-order valence-corrected chi connectivity index (χ3v) is 5.83. The van der Waals surface area contributed by atoms with Gasteiger partial charge < -0.3 is 10.2 Å². The molecule has 2 aliphatic rings. The number of nitrogens with zero attached hydrogens (tertiary/aromatic N) is 5. The highest BCUT2D eigenvalue weighted by Gasteiger charge is 2.32. The van der Waals surface area contributed by atoms with Gasteiger partial charge in [0.1, 0.15) is 11.6 Å². The van der Waals surface area contributed by atoms with Crippen LogP contribution < -0.4 is 10.2 Å². The molecule has 1 aliphatic carbocycles. The molecule has 1 aliphatic heterocycles. The molecule has 1 saturated heterocycles. The van der Waals surface area contributed by atoms with Crippen LogP contribution in [0.5, 0.6) is 0 Å². The molecular formula is C20H30N6. The van der Waals surface area contributed by atoms with Crippen LogP contribution in [0.3, 0.4) is 0 Å². The number of anilines is 1. The van der Waals surface area contributed by atoms with Gasteiger partial charge in [0.05, 0.1) is 11.4 Å². The van der Waals surface area contributed by atoms with Gasteiger partial charge >= 0.3 is 0 Å².